The van der Waals surface area contributed by atoms with Crippen LogP contribution < -0.4 is 5.32 Å². The van der Waals surface area contributed by atoms with E-state index in [0.29, 0.717) is 18.1 Å². The number of aromatic nitrogens is 1. The SMILES string of the molecule is CCN(Cc1cncc(F)c1)C1CC2CCC(C1)N2. The minimum Gasteiger partial charge on any atom is -0.311 e. The van der Waals surface area contributed by atoms with E-state index in [2.05, 4.69) is 22.1 Å². The number of hydrogen-bond donors (Lipinski definition) is 1. The number of piperidine rings is 1. The Morgan fingerprint density at radius 1 is 1.32 bits per heavy atom. The van der Waals surface area contributed by atoms with Gasteiger partial charge in [-0.15, -0.1) is 0 Å². The molecule has 0 aliphatic carbocycles. The van der Waals surface area contributed by atoms with Gasteiger partial charge in [0.25, 0.3) is 0 Å². The maximum atomic E-state index is 13.2. The Labute approximate surface area is 114 Å². The van der Waals surface area contributed by atoms with Crippen molar-refractivity contribution in [3.8, 4) is 0 Å². The molecule has 2 aliphatic rings. The Hall–Kier alpha value is -1.00. The highest BCUT2D eigenvalue weighted by Gasteiger charge is 2.35. The molecule has 2 aliphatic heterocycles. The summed E-state index contributed by atoms with van der Waals surface area (Å²) in [7, 11) is 0. The monoisotopic (exact) mass is 263 g/mol. The van der Waals surface area contributed by atoms with Gasteiger partial charge in [0, 0.05) is 30.9 Å². The second-order valence-corrected chi connectivity index (χ2v) is 5.84. The van der Waals surface area contributed by atoms with E-state index < -0.39 is 0 Å². The number of pyridine rings is 1. The molecule has 4 heteroatoms. The molecule has 104 valence electrons. The summed E-state index contributed by atoms with van der Waals surface area (Å²) in [5.74, 6) is -0.237. The summed E-state index contributed by atoms with van der Waals surface area (Å²) < 4.78 is 13.2. The van der Waals surface area contributed by atoms with E-state index in [1.165, 1.54) is 31.9 Å². The highest BCUT2D eigenvalue weighted by Crippen LogP contribution is 2.30. The van der Waals surface area contributed by atoms with Crippen LogP contribution in [-0.2, 0) is 6.54 Å². The van der Waals surface area contributed by atoms with Gasteiger partial charge in [-0.25, -0.2) is 4.39 Å². The molecule has 0 radical (unpaired) electrons. The van der Waals surface area contributed by atoms with Crippen molar-refractivity contribution in [2.75, 3.05) is 6.54 Å². The van der Waals surface area contributed by atoms with Crippen LogP contribution in [0.15, 0.2) is 18.5 Å². The maximum absolute atomic E-state index is 13.2. The first-order valence-corrected chi connectivity index (χ1v) is 7.34. The summed E-state index contributed by atoms with van der Waals surface area (Å²) in [6.07, 6.45) is 8.15. The van der Waals surface area contributed by atoms with Crippen molar-refractivity contribution in [1.29, 1.82) is 0 Å². The minimum absolute atomic E-state index is 0.237. The van der Waals surface area contributed by atoms with Crippen LogP contribution in [-0.4, -0.2) is 34.6 Å². The molecule has 2 fully saturated rings. The standard InChI is InChI=1S/C15H22FN3/c1-2-19(10-11-5-12(16)9-17-8-11)15-6-13-3-4-14(7-15)18-13/h5,8-9,13-15,18H,2-4,6-7,10H2,1H3. The van der Waals surface area contributed by atoms with Crippen LogP contribution in [0.4, 0.5) is 4.39 Å². The molecular weight excluding hydrogens is 241 g/mol. The Kier molecular flexibility index (Phi) is 3.80. The highest BCUT2D eigenvalue weighted by molar-refractivity contribution is 5.10. The lowest BCUT2D eigenvalue weighted by atomic mass is 9.97. The molecule has 2 unspecified atom stereocenters. The fourth-order valence-corrected chi connectivity index (χ4v) is 3.60. The molecule has 2 atom stereocenters. The summed E-state index contributed by atoms with van der Waals surface area (Å²) in [4.78, 5) is 6.42. The summed E-state index contributed by atoms with van der Waals surface area (Å²) >= 11 is 0. The average molecular weight is 263 g/mol. The fourth-order valence-electron chi connectivity index (χ4n) is 3.60. The molecule has 3 nitrogen and oxygen atoms in total. The summed E-state index contributed by atoms with van der Waals surface area (Å²) in [5, 5.41) is 3.67. The van der Waals surface area contributed by atoms with E-state index in [-0.39, 0.29) is 5.82 Å². The van der Waals surface area contributed by atoms with Crippen molar-refractivity contribution in [3.05, 3.63) is 29.8 Å². The van der Waals surface area contributed by atoms with E-state index in [9.17, 15) is 4.39 Å². The van der Waals surface area contributed by atoms with Crippen molar-refractivity contribution in [2.45, 2.75) is 57.3 Å². The van der Waals surface area contributed by atoms with Crippen LogP contribution in [0.1, 0.15) is 38.2 Å². The summed E-state index contributed by atoms with van der Waals surface area (Å²) in [5.41, 5.74) is 0.979. The van der Waals surface area contributed by atoms with Gasteiger partial charge in [-0.2, -0.15) is 0 Å². The van der Waals surface area contributed by atoms with Crippen LogP contribution in [0, 0.1) is 5.82 Å². The lowest BCUT2D eigenvalue weighted by Crippen LogP contribution is -2.47. The maximum Gasteiger partial charge on any atom is 0.141 e. The molecule has 0 amide bonds. The first-order chi connectivity index (χ1) is 9.24. The van der Waals surface area contributed by atoms with E-state index >= 15 is 0 Å². The second kappa shape index (κ2) is 5.55. The van der Waals surface area contributed by atoms with Gasteiger partial charge in [0.05, 0.1) is 6.20 Å². The third-order valence-corrected chi connectivity index (χ3v) is 4.52. The van der Waals surface area contributed by atoms with Gasteiger partial charge in [0.2, 0.25) is 0 Å². The van der Waals surface area contributed by atoms with Crippen molar-refractivity contribution in [1.82, 2.24) is 15.2 Å². The molecule has 1 aromatic rings. The lowest BCUT2D eigenvalue weighted by Gasteiger charge is -2.37. The predicted octanol–water partition coefficient (Wildman–Crippen LogP) is 2.33. The zero-order chi connectivity index (χ0) is 13.2. The first-order valence-electron chi connectivity index (χ1n) is 7.34. The quantitative estimate of drug-likeness (QED) is 0.903. The molecule has 1 aromatic heterocycles. The van der Waals surface area contributed by atoms with Crippen molar-refractivity contribution in [3.63, 3.8) is 0 Å². The molecule has 0 aromatic carbocycles. The molecule has 0 spiro atoms. The number of hydrogen-bond acceptors (Lipinski definition) is 3. The van der Waals surface area contributed by atoms with Crippen LogP contribution >= 0.6 is 0 Å². The van der Waals surface area contributed by atoms with Gasteiger partial charge >= 0.3 is 0 Å². The molecule has 19 heavy (non-hydrogen) atoms. The molecule has 3 rings (SSSR count). The minimum atomic E-state index is -0.237. The smallest absolute Gasteiger partial charge is 0.141 e. The Morgan fingerprint density at radius 3 is 2.68 bits per heavy atom. The number of nitrogens with zero attached hydrogens (tertiary/aromatic N) is 2. The Balaban J connectivity index is 1.67. The van der Waals surface area contributed by atoms with E-state index in [0.717, 1.165) is 18.7 Å². The molecule has 2 bridgehead atoms. The molecule has 2 saturated heterocycles. The van der Waals surface area contributed by atoms with Gasteiger partial charge in [-0.3, -0.25) is 9.88 Å². The summed E-state index contributed by atoms with van der Waals surface area (Å²) in [6.45, 7) is 4.02. The third kappa shape index (κ3) is 2.95. The number of nitrogens with one attached hydrogen (secondary N) is 1. The van der Waals surface area contributed by atoms with Gasteiger partial charge in [0.1, 0.15) is 5.82 Å². The largest absolute Gasteiger partial charge is 0.311 e. The van der Waals surface area contributed by atoms with Crippen LogP contribution in [0.5, 0.6) is 0 Å². The predicted molar refractivity (Wildman–Crippen MR) is 73.2 cm³/mol. The van der Waals surface area contributed by atoms with E-state index in [4.69, 9.17) is 0 Å². The zero-order valence-corrected chi connectivity index (χ0v) is 11.5. The third-order valence-electron chi connectivity index (χ3n) is 4.52. The number of fused-ring (bicyclic) bond motifs is 2. The molecule has 1 N–H and O–H groups in total. The van der Waals surface area contributed by atoms with Gasteiger partial charge in [-0.1, -0.05) is 6.92 Å². The fraction of sp³-hybridized carbons (Fsp3) is 0.667. The van der Waals surface area contributed by atoms with Gasteiger partial charge < -0.3 is 5.32 Å². The topological polar surface area (TPSA) is 28.2 Å². The zero-order valence-electron chi connectivity index (χ0n) is 11.5. The van der Waals surface area contributed by atoms with Crippen molar-refractivity contribution < 1.29 is 4.39 Å². The van der Waals surface area contributed by atoms with Crippen LogP contribution in [0.25, 0.3) is 0 Å². The van der Waals surface area contributed by atoms with Gasteiger partial charge in [-0.05, 0) is 43.9 Å². The average Bonchev–Trinajstić information content (AvgIpc) is 2.75. The Bertz CT molecular complexity index is 425. The van der Waals surface area contributed by atoms with Gasteiger partial charge in [0.15, 0.2) is 0 Å². The number of halogens is 1. The van der Waals surface area contributed by atoms with E-state index in [1.54, 1.807) is 12.3 Å². The van der Waals surface area contributed by atoms with E-state index in [1.807, 2.05) is 0 Å². The number of rotatable bonds is 4. The van der Waals surface area contributed by atoms with Crippen LogP contribution in [0.3, 0.4) is 0 Å². The molecule has 0 saturated carbocycles. The molecule has 3 heterocycles. The first kappa shape index (κ1) is 13.0. The highest BCUT2D eigenvalue weighted by atomic mass is 19.1. The van der Waals surface area contributed by atoms with Crippen molar-refractivity contribution in [2.24, 2.45) is 0 Å². The van der Waals surface area contributed by atoms with Crippen LogP contribution in [0.2, 0.25) is 0 Å². The lowest BCUT2D eigenvalue weighted by molar-refractivity contribution is 0.140. The summed E-state index contributed by atoms with van der Waals surface area (Å²) in [6, 6.07) is 3.63. The normalized spacial score (nSPS) is 29.9. The molecular formula is C15H22FN3. The second-order valence-electron chi connectivity index (χ2n) is 5.84. The Morgan fingerprint density at radius 2 is 2.05 bits per heavy atom. The van der Waals surface area contributed by atoms with Crippen molar-refractivity contribution >= 4 is 0 Å².